The van der Waals surface area contributed by atoms with Crippen molar-refractivity contribution in [2.24, 2.45) is 0 Å². The molecule has 8 nitrogen and oxygen atoms in total. The summed E-state index contributed by atoms with van der Waals surface area (Å²) >= 11 is 1.08. The normalized spacial score (nSPS) is 10.7. The number of aryl methyl sites for hydroxylation is 1. The summed E-state index contributed by atoms with van der Waals surface area (Å²) in [6, 6.07) is 21.8. The molecule has 1 aromatic heterocycles. The van der Waals surface area contributed by atoms with Gasteiger partial charge in [-0.1, -0.05) is 65.9 Å². The monoisotopic (exact) mass is 489 g/mol. The van der Waals surface area contributed by atoms with Crippen molar-refractivity contribution in [3.05, 3.63) is 89.5 Å². The molecule has 178 valence electrons. The fraction of sp³-hybridized carbons (Fsp3) is 0.154. The highest BCUT2D eigenvalue weighted by atomic mass is 32.2. The summed E-state index contributed by atoms with van der Waals surface area (Å²) in [5.74, 6) is -1.52. The molecule has 0 atom stereocenters. The Morgan fingerprint density at radius 2 is 1.71 bits per heavy atom. The van der Waals surface area contributed by atoms with Crippen LogP contribution in [0, 0.1) is 6.92 Å². The number of ether oxygens (including phenoxy) is 1. The van der Waals surface area contributed by atoms with Gasteiger partial charge in [0.25, 0.3) is 17.0 Å². The van der Waals surface area contributed by atoms with Gasteiger partial charge in [-0.15, -0.1) is 0 Å². The molecule has 9 heteroatoms. The number of hydrogen-bond donors (Lipinski definition) is 2. The second kappa shape index (κ2) is 11.3. The van der Waals surface area contributed by atoms with Crippen LogP contribution in [-0.2, 0) is 20.9 Å². The van der Waals surface area contributed by atoms with Crippen molar-refractivity contribution >= 4 is 46.3 Å². The Labute approximate surface area is 206 Å². The van der Waals surface area contributed by atoms with Crippen LogP contribution in [0.1, 0.15) is 21.5 Å². The van der Waals surface area contributed by atoms with Gasteiger partial charge < -0.3 is 19.8 Å². The summed E-state index contributed by atoms with van der Waals surface area (Å²) in [5.41, 5.74) is 4.07. The van der Waals surface area contributed by atoms with Crippen LogP contribution < -0.4 is 10.6 Å². The van der Waals surface area contributed by atoms with Crippen LogP contribution in [0.5, 0.6) is 0 Å². The Kier molecular flexibility index (Phi) is 7.79. The van der Waals surface area contributed by atoms with Crippen LogP contribution in [0.15, 0.2) is 82.4 Å². The fourth-order valence-electron chi connectivity index (χ4n) is 3.18. The number of anilines is 1. The van der Waals surface area contributed by atoms with E-state index in [9.17, 15) is 14.4 Å². The fourth-order valence-corrected chi connectivity index (χ4v) is 3.82. The first-order valence-electron chi connectivity index (χ1n) is 10.8. The van der Waals surface area contributed by atoms with E-state index < -0.39 is 18.5 Å². The van der Waals surface area contributed by atoms with E-state index in [1.807, 2.05) is 49.4 Å². The minimum absolute atomic E-state index is 0.0574. The number of esters is 1. The lowest BCUT2D eigenvalue weighted by molar-refractivity contribution is -0.144. The van der Waals surface area contributed by atoms with Crippen molar-refractivity contribution in [2.75, 3.05) is 17.7 Å². The Bertz CT molecular complexity index is 1320. The molecule has 3 aromatic carbocycles. The summed E-state index contributed by atoms with van der Waals surface area (Å²) in [7, 11) is 0. The van der Waals surface area contributed by atoms with Crippen molar-refractivity contribution < 1.29 is 23.5 Å². The first kappa shape index (κ1) is 24.0. The lowest BCUT2D eigenvalue weighted by Crippen LogP contribution is -2.26. The Balaban J connectivity index is 1.25. The third-order valence-corrected chi connectivity index (χ3v) is 5.77. The number of carbonyl (C=O) groups excluding carboxylic acids is 3. The van der Waals surface area contributed by atoms with Gasteiger partial charge in [0.15, 0.2) is 12.2 Å². The van der Waals surface area contributed by atoms with E-state index in [-0.39, 0.29) is 11.7 Å². The maximum Gasteiger partial charge on any atom is 0.316 e. The van der Waals surface area contributed by atoms with Crippen molar-refractivity contribution in [3.8, 4) is 0 Å². The lowest BCUT2D eigenvalue weighted by atomic mass is 10.1. The number of carbonyl (C=O) groups is 3. The molecule has 0 aliphatic rings. The summed E-state index contributed by atoms with van der Waals surface area (Å²) < 4.78 is 10.6. The molecule has 4 aromatic rings. The zero-order valence-electron chi connectivity index (χ0n) is 18.9. The Morgan fingerprint density at radius 1 is 0.971 bits per heavy atom. The van der Waals surface area contributed by atoms with Crippen molar-refractivity contribution in [1.82, 2.24) is 10.3 Å². The predicted octanol–water partition coefficient (Wildman–Crippen LogP) is 4.34. The Morgan fingerprint density at radius 3 is 2.51 bits per heavy atom. The van der Waals surface area contributed by atoms with Crippen LogP contribution in [0.3, 0.4) is 0 Å². The summed E-state index contributed by atoms with van der Waals surface area (Å²) in [5, 5.41) is 5.82. The second-order valence-corrected chi connectivity index (χ2v) is 8.59. The van der Waals surface area contributed by atoms with Crippen molar-refractivity contribution in [1.29, 1.82) is 0 Å². The number of oxazole rings is 1. The maximum absolute atomic E-state index is 12.7. The van der Waals surface area contributed by atoms with Crippen LogP contribution in [0.2, 0.25) is 0 Å². The quantitative estimate of drug-likeness (QED) is 0.266. The molecular formula is C26H23N3O5S. The van der Waals surface area contributed by atoms with E-state index in [1.54, 1.807) is 30.3 Å². The summed E-state index contributed by atoms with van der Waals surface area (Å²) in [6.45, 7) is 1.87. The molecule has 0 aliphatic carbocycles. The van der Waals surface area contributed by atoms with Gasteiger partial charge in [-0.05, 0) is 36.8 Å². The van der Waals surface area contributed by atoms with E-state index in [2.05, 4.69) is 15.6 Å². The standard InChI is InChI=1S/C26H23N3O5S/c1-17-10-12-18(13-11-17)14-27-25(32)19-6-2-3-7-20(19)28-23(30)15-33-24(31)16-35-26-29-21-8-4-5-9-22(21)34-26/h2-13H,14-16H2,1H3,(H,27,32)(H,28,30). The summed E-state index contributed by atoms with van der Waals surface area (Å²) in [4.78, 5) is 41.3. The Hall–Kier alpha value is -4.11. The minimum atomic E-state index is -0.587. The number of hydrogen-bond acceptors (Lipinski definition) is 7. The van der Waals surface area contributed by atoms with Crippen molar-refractivity contribution in [2.45, 2.75) is 18.7 Å². The maximum atomic E-state index is 12.7. The number of benzene rings is 3. The van der Waals surface area contributed by atoms with Gasteiger partial charge in [-0.25, -0.2) is 4.98 Å². The third kappa shape index (κ3) is 6.70. The molecule has 2 amide bonds. The van der Waals surface area contributed by atoms with Crippen LogP contribution in [-0.4, -0.2) is 35.1 Å². The third-order valence-electron chi connectivity index (χ3n) is 4.97. The number of amides is 2. The highest BCUT2D eigenvalue weighted by Crippen LogP contribution is 2.23. The lowest BCUT2D eigenvalue weighted by Gasteiger charge is -2.12. The average Bonchev–Trinajstić information content (AvgIpc) is 3.29. The largest absolute Gasteiger partial charge is 0.455 e. The van der Waals surface area contributed by atoms with Gasteiger partial charge in [-0.3, -0.25) is 14.4 Å². The van der Waals surface area contributed by atoms with Crippen molar-refractivity contribution in [3.63, 3.8) is 0 Å². The number of nitrogens with zero attached hydrogens (tertiary/aromatic N) is 1. The molecule has 4 rings (SSSR count). The molecule has 0 aliphatic heterocycles. The minimum Gasteiger partial charge on any atom is -0.455 e. The van der Waals surface area contributed by atoms with E-state index in [1.165, 1.54) is 0 Å². The molecular weight excluding hydrogens is 466 g/mol. The molecule has 0 saturated carbocycles. The van der Waals surface area contributed by atoms with Crippen LogP contribution >= 0.6 is 11.8 Å². The molecule has 0 spiro atoms. The molecule has 0 fully saturated rings. The highest BCUT2D eigenvalue weighted by molar-refractivity contribution is 7.99. The van der Waals surface area contributed by atoms with Gasteiger partial charge in [0.1, 0.15) is 11.3 Å². The first-order chi connectivity index (χ1) is 17.0. The number of rotatable bonds is 9. The second-order valence-electron chi connectivity index (χ2n) is 7.66. The van der Waals surface area contributed by atoms with Gasteiger partial charge in [-0.2, -0.15) is 0 Å². The highest BCUT2D eigenvalue weighted by Gasteiger charge is 2.15. The van der Waals surface area contributed by atoms with Crippen LogP contribution in [0.25, 0.3) is 11.1 Å². The molecule has 35 heavy (non-hydrogen) atoms. The van der Waals surface area contributed by atoms with Gasteiger partial charge >= 0.3 is 5.97 Å². The number of fused-ring (bicyclic) bond motifs is 1. The van der Waals surface area contributed by atoms with Gasteiger partial charge in [0.05, 0.1) is 11.3 Å². The zero-order valence-corrected chi connectivity index (χ0v) is 19.8. The number of aromatic nitrogens is 1. The smallest absolute Gasteiger partial charge is 0.316 e. The molecule has 0 radical (unpaired) electrons. The average molecular weight is 490 g/mol. The van der Waals surface area contributed by atoms with Gasteiger partial charge in [0.2, 0.25) is 0 Å². The zero-order chi connectivity index (χ0) is 24.6. The number of thioether (sulfide) groups is 1. The van der Waals surface area contributed by atoms with E-state index >= 15 is 0 Å². The molecule has 0 saturated heterocycles. The first-order valence-corrected chi connectivity index (χ1v) is 11.8. The van der Waals surface area contributed by atoms with Crippen LogP contribution in [0.4, 0.5) is 5.69 Å². The topological polar surface area (TPSA) is 111 Å². The summed E-state index contributed by atoms with van der Waals surface area (Å²) in [6.07, 6.45) is 0. The molecule has 2 N–H and O–H groups in total. The van der Waals surface area contributed by atoms with E-state index in [0.29, 0.717) is 34.1 Å². The van der Waals surface area contributed by atoms with E-state index in [0.717, 1.165) is 22.9 Å². The predicted molar refractivity (Wildman–Crippen MR) is 133 cm³/mol. The molecule has 0 unspecified atom stereocenters. The van der Waals surface area contributed by atoms with E-state index in [4.69, 9.17) is 9.15 Å². The molecule has 0 bridgehead atoms. The number of para-hydroxylation sites is 3. The SMILES string of the molecule is Cc1ccc(CNC(=O)c2ccccc2NC(=O)COC(=O)CSc2nc3ccccc3o2)cc1. The molecule has 1 heterocycles. The van der Waals surface area contributed by atoms with Gasteiger partial charge in [0, 0.05) is 6.54 Å². The number of nitrogens with one attached hydrogen (secondary N) is 2.